The summed E-state index contributed by atoms with van der Waals surface area (Å²) in [7, 11) is 0. The van der Waals surface area contributed by atoms with Gasteiger partial charge in [0.25, 0.3) is 5.97 Å². The number of aliphatic carboxylic acids is 1. The molecule has 1 aliphatic rings. The first kappa shape index (κ1) is 11.4. The van der Waals surface area contributed by atoms with Gasteiger partial charge in [-0.3, -0.25) is 4.79 Å². The molecule has 0 aromatic rings. The molecule has 0 aromatic heterocycles. The molecule has 1 fully saturated rings. The summed E-state index contributed by atoms with van der Waals surface area (Å²) in [5.74, 6) is -0.833. The standard InChI is InChI=1S/C5H11NO2.C2H4O2/c7-1-2-8-5-3-6-4-5;1-2(3)4/h5-7H,1-4H2;1H3,(H,3,4). The Labute approximate surface area is 71.3 Å². The van der Waals surface area contributed by atoms with Gasteiger partial charge in [-0.05, 0) is 0 Å². The second-order valence-electron chi connectivity index (χ2n) is 2.39. The van der Waals surface area contributed by atoms with Crippen molar-refractivity contribution < 1.29 is 19.7 Å². The Morgan fingerprint density at radius 1 is 1.67 bits per heavy atom. The van der Waals surface area contributed by atoms with Crippen LogP contribution in [-0.2, 0) is 9.53 Å². The van der Waals surface area contributed by atoms with Crippen LogP contribution in [0.3, 0.4) is 0 Å². The first-order chi connectivity index (χ1) is 5.66. The van der Waals surface area contributed by atoms with Crippen LogP contribution in [0.4, 0.5) is 0 Å². The second kappa shape index (κ2) is 7.02. The monoisotopic (exact) mass is 177 g/mol. The fourth-order valence-corrected chi connectivity index (χ4v) is 0.599. The van der Waals surface area contributed by atoms with E-state index in [-0.39, 0.29) is 6.61 Å². The van der Waals surface area contributed by atoms with E-state index < -0.39 is 5.97 Å². The fourth-order valence-electron chi connectivity index (χ4n) is 0.599. The van der Waals surface area contributed by atoms with E-state index in [1.165, 1.54) is 0 Å². The number of aliphatic hydroxyl groups excluding tert-OH is 1. The molecule has 72 valence electrons. The number of carboxylic acids is 1. The lowest BCUT2D eigenvalue weighted by Gasteiger charge is -2.26. The van der Waals surface area contributed by atoms with E-state index in [4.69, 9.17) is 19.7 Å². The van der Waals surface area contributed by atoms with Gasteiger partial charge in [0.1, 0.15) is 0 Å². The summed E-state index contributed by atoms with van der Waals surface area (Å²) in [6, 6.07) is 0. The summed E-state index contributed by atoms with van der Waals surface area (Å²) >= 11 is 0. The molecule has 1 heterocycles. The van der Waals surface area contributed by atoms with Crippen LogP contribution in [-0.4, -0.2) is 48.6 Å². The molecule has 0 atom stereocenters. The van der Waals surface area contributed by atoms with Gasteiger partial charge in [-0.1, -0.05) is 0 Å². The number of hydrogen-bond acceptors (Lipinski definition) is 4. The lowest BCUT2D eigenvalue weighted by molar-refractivity contribution is -0.134. The molecule has 1 rings (SSSR count). The molecule has 0 unspecified atom stereocenters. The third kappa shape index (κ3) is 7.46. The van der Waals surface area contributed by atoms with E-state index in [9.17, 15) is 0 Å². The molecule has 0 spiro atoms. The smallest absolute Gasteiger partial charge is 0.300 e. The van der Waals surface area contributed by atoms with E-state index in [2.05, 4.69) is 5.32 Å². The Balaban J connectivity index is 0.000000261. The highest BCUT2D eigenvalue weighted by Gasteiger charge is 2.15. The lowest BCUT2D eigenvalue weighted by Crippen LogP contribution is -2.48. The van der Waals surface area contributed by atoms with Crippen LogP contribution in [0.25, 0.3) is 0 Å². The molecule has 3 N–H and O–H groups in total. The minimum Gasteiger partial charge on any atom is -0.481 e. The molecule has 0 amide bonds. The Hall–Kier alpha value is -0.650. The van der Waals surface area contributed by atoms with Crippen LogP contribution in [0.2, 0.25) is 0 Å². The number of aliphatic hydroxyl groups is 1. The average Bonchev–Trinajstić information content (AvgIpc) is 1.83. The summed E-state index contributed by atoms with van der Waals surface area (Å²) in [6.07, 6.45) is 0.363. The zero-order valence-electron chi connectivity index (χ0n) is 7.12. The molecular formula is C7H15NO4. The first-order valence-electron chi connectivity index (χ1n) is 3.79. The van der Waals surface area contributed by atoms with Crippen molar-refractivity contribution in [2.75, 3.05) is 26.3 Å². The number of nitrogens with one attached hydrogen (secondary N) is 1. The van der Waals surface area contributed by atoms with Gasteiger partial charge < -0.3 is 20.3 Å². The minimum atomic E-state index is -0.833. The molecule has 0 bridgehead atoms. The molecule has 0 aliphatic carbocycles. The van der Waals surface area contributed by atoms with E-state index >= 15 is 0 Å². The number of carboxylic acid groups (broad SMARTS) is 1. The lowest BCUT2D eigenvalue weighted by atomic mass is 10.2. The van der Waals surface area contributed by atoms with Crippen LogP contribution in [0, 0.1) is 0 Å². The molecule has 0 radical (unpaired) electrons. The Morgan fingerprint density at radius 3 is 2.42 bits per heavy atom. The van der Waals surface area contributed by atoms with Crippen molar-refractivity contribution in [2.24, 2.45) is 0 Å². The van der Waals surface area contributed by atoms with E-state index in [0.717, 1.165) is 20.0 Å². The zero-order valence-corrected chi connectivity index (χ0v) is 7.12. The van der Waals surface area contributed by atoms with Crippen LogP contribution < -0.4 is 5.32 Å². The molecule has 12 heavy (non-hydrogen) atoms. The van der Waals surface area contributed by atoms with Crippen molar-refractivity contribution in [2.45, 2.75) is 13.0 Å². The highest BCUT2D eigenvalue weighted by atomic mass is 16.5. The average molecular weight is 177 g/mol. The van der Waals surface area contributed by atoms with Crippen molar-refractivity contribution in [3.05, 3.63) is 0 Å². The van der Waals surface area contributed by atoms with E-state index in [1.807, 2.05) is 0 Å². The van der Waals surface area contributed by atoms with Crippen molar-refractivity contribution in [3.63, 3.8) is 0 Å². The van der Waals surface area contributed by atoms with Gasteiger partial charge in [0.2, 0.25) is 0 Å². The molecule has 5 nitrogen and oxygen atoms in total. The summed E-state index contributed by atoms with van der Waals surface area (Å²) in [5, 5.41) is 18.8. The first-order valence-corrected chi connectivity index (χ1v) is 3.79. The summed E-state index contributed by atoms with van der Waals surface area (Å²) in [4.78, 5) is 9.00. The highest BCUT2D eigenvalue weighted by molar-refractivity contribution is 5.62. The van der Waals surface area contributed by atoms with Crippen LogP contribution in [0.15, 0.2) is 0 Å². The van der Waals surface area contributed by atoms with Gasteiger partial charge in [0.15, 0.2) is 0 Å². The quantitative estimate of drug-likeness (QED) is 0.518. The summed E-state index contributed by atoms with van der Waals surface area (Å²) in [5.41, 5.74) is 0. The van der Waals surface area contributed by atoms with Crippen LogP contribution in [0.5, 0.6) is 0 Å². The number of carbonyl (C=O) groups is 1. The van der Waals surface area contributed by atoms with Gasteiger partial charge in [-0.25, -0.2) is 0 Å². The highest BCUT2D eigenvalue weighted by Crippen LogP contribution is 1.95. The maximum absolute atomic E-state index is 9.00. The molecule has 1 aliphatic heterocycles. The van der Waals surface area contributed by atoms with Crippen molar-refractivity contribution in [3.8, 4) is 0 Å². The zero-order chi connectivity index (χ0) is 9.40. The summed E-state index contributed by atoms with van der Waals surface area (Å²) < 4.78 is 5.11. The van der Waals surface area contributed by atoms with Gasteiger partial charge in [0.05, 0.1) is 19.3 Å². The molecule has 1 saturated heterocycles. The minimum absolute atomic E-state index is 0.135. The number of ether oxygens (including phenoxy) is 1. The second-order valence-corrected chi connectivity index (χ2v) is 2.39. The Bertz CT molecular complexity index is 121. The Morgan fingerprint density at radius 2 is 2.17 bits per heavy atom. The maximum Gasteiger partial charge on any atom is 0.300 e. The van der Waals surface area contributed by atoms with Crippen LogP contribution in [0.1, 0.15) is 6.92 Å². The van der Waals surface area contributed by atoms with Gasteiger partial charge in [-0.2, -0.15) is 0 Å². The van der Waals surface area contributed by atoms with Crippen molar-refractivity contribution in [1.82, 2.24) is 5.32 Å². The normalized spacial score (nSPS) is 15.8. The maximum atomic E-state index is 9.00. The van der Waals surface area contributed by atoms with Crippen LogP contribution >= 0.6 is 0 Å². The third-order valence-corrected chi connectivity index (χ3v) is 1.19. The Kier molecular flexibility index (Phi) is 6.64. The molecular weight excluding hydrogens is 162 g/mol. The number of rotatable bonds is 3. The van der Waals surface area contributed by atoms with Gasteiger partial charge in [0, 0.05) is 20.0 Å². The SMILES string of the molecule is CC(=O)O.OCCOC1CNC1. The topological polar surface area (TPSA) is 78.8 Å². The summed E-state index contributed by atoms with van der Waals surface area (Å²) in [6.45, 7) is 3.59. The van der Waals surface area contributed by atoms with Gasteiger partial charge >= 0.3 is 0 Å². The predicted molar refractivity (Wildman–Crippen MR) is 43.0 cm³/mol. The molecule has 0 saturated carbocycles. The third-order valence-electron chi connectivity index (χ3n) is 1.19. The predicted octanol–water partition coefficient (Wildman–Crippen LogP) is -0.942. The van der Waals surface area contributed by atoms with Crippen molar-refractivity contribution in [1.29, 1.82) is 0 Å². The van der Waals surface area contributed by atoms with E-state index in [1.54, 1.807) is 0 Å². The molecule has 5 heteroatoms. The fraction of sp³-hybridized carbons (Fsp3) is 0.857. The largest absolute Gasteiger partial charge is 0.481 e. The van der Waals surface area contributed by atoms with E-state index in [0.29, 0.717) is 12.7 Å². The molecule has 0 aromatic carbocycles. The van der Waals surface area contributed by atoms with Gasteiger partial charge in [-0.15, -0.1) is 0 Å². The number of hydrogen-bond donors (Lipinski definition) is 3. The van der Waals surface area contributed by atoms with Crippen molar-refractivity contribution >= 4 is 5.97 Å².